The van der Waals surface area contributed by atoms with Crippen LogP contribution in [-0.2, 0) is 0 Å². The van der Waals surface area contributed by atoms with E-state index in [2.05, 4.69) is 51.4 Å². The van der Waals surface area contributed by atoms with Crippen LogP contribution in [0.4, 0.5) is 0 Å². The average Bonchev–Trinajstić information content (AvgIpc) is 1.82. The van der Waals surface area contributed by atoms with Crippen LogP contribution in [0.1, 0.15) is 41.5 Å². The van der Waals surface area contributed by atoms with Gasteiger partial charge in [0.25, 0.3) is 0 Å². The maximum absolute atomic E-state index is 4.58. The van der Waals surface area contributed by atoms with Crippen LogP contribution in [0.3, 0.4) is 0 Å². The molecule has 0 fully saturated rings. The van der Waals surface area contributed by atoms with Crippen LogP contribution in [0.15, 0.2) is 4.99 Å². The minimum atomic E-state index is 0.213. The molecule has 0 heterocycles. The number of hydrogen-bond acceptors (Lipinski definition) is 1. The van der Waals surface area contributed by atoms with Crippen molar-refractivity contribution in [2.24, 2.45) is 4.99 Å². The lowest BCUT2D eigenvalue weighted by Crippen LogP contribution is -2.45. The molecule has 0 aliphatic rings. The van der Waals surface area contributed by atoms with Crippen molar-refractivity contribution in [3.8, 4) is 0 Å². The van der Waals surface area contributed by atoms with E-state index in [4.69, 9.17) is 0 Å². The molecule has 0 rings (SSSR count). The van der Waals surface area contributed by atoms with Crippen LogP contribution >= 0.6 is 0 Å². The third kappa shape index (κ3) is 4.46. The van der Waals surface area contributed by atoms with Gasteiger partial charge >= 0.3 is 0 Å². The van der Waals surface area contributed by atoms with Gasteiger partial charge in [0.1, 0.15) is 0 Å². The first-order chi connectivity index (χ1) is 5.79. The van der Waals surface area contributed by atoms with Crippen LogP contribution in [-0.4, -0.2) is 38.7 Å². The first-order valence-electron chi connectivity index (χ1n) is 5.11. The van der Waals surface area contributed by atoms with Crippen LogP contribution < -0.4 is 0 Å². The Morgan fingerprint density at radius 3 is 2.08 bits per heavy atom. The van der Waals surface area contributed by atoms with E-state index >= 15 is 0 Å². The van der Waals surface area contributed by atoms with Crippen LogP contribution in [0.5, 0.6) is 0 Å². The molecule has 0 N–H and O–H groups in total. The lowest BCUT2D eigenvalue weighted by Gasteiger charge is -2.36. The summed E-state index contributed by atoms with van der Waals surface area (Å²) in [7, 11) is 1.20. The zero-order valence-electron chi connectivity index (χ0n) is 10.2. The first kappa shape index (κ1) is 12.7. The van der Waals surface area contributed by atoms with Gasteiger partial charge in [0.2, 0.25) is 0 Å². The Labute approximate surface area is 85.8 Å². The molecule has 0 aliphatic carbocycles. The van der Waals surface area contributed by atoms with E-state index in [1.807, 2.05) is 0 Å². The second-order valence-electron chi connectivity index (χ2n) is 4.69. The Morgan fingerprint density at radius 2 is 1.85 bits per heavy atom. The van der Waals surface area contributed by atoms with Crippen LogP contribution in [0.25, 0.3) is 0 Å². The van der Waals surface area contributed by atoms with Crippen molar-refractivity contribution in [3.05, 3.63) is 0 Å². The molecule has 0 saturated carbocycles. The molecule has 78 valence electrons. The molecule has 0 radical (unpaired) electrons. The fourth-order valence-corrected chi connectivity index (χ4v) is 3.04. The van der Waals surface area contributed by atoms with E-state index in [0.29, 0.717) is 6.04 Å². The molecule has 0 aromatic carbocycles. The number of amidine groups is 1. The normalized spacial score (nSPS) is 13.9. The molecule has 0 spiro atoms. The van der Waals surface area contributed by atoms with Crippen molar-refractivity contribution in [1.82, 2.24) is 4.90 Å². The van der Waals surface area contributed by atoms with Gasteiger partial charge in [0.05, 0.1) is 5.84 Å². The summed E-state index contributed by atoms with van der Waals surface area (Å²) in [5.41, 5.74) is 0.213. The minimum Gasteiger partial charge on any atom is -0.360 e. The third-order valence-electron chi connectivity index (χ3n) is 1.96. The molecule has 3 heteroatoms. The summed E-state index contributed by atoms with van der Waals surface area (Å²) in [6, 6.07) is 0.401. The Morgan fingerprint density at radius 1 is 1.38 bits per heavy atom. The zero-order chi connectivity index (χ0) is 10.6. The Bertz CT molecular complexity index is 180. The molecule has 2 nitrogen and oxygen atoms in total. The summed E-state index contributed by atoms with van der Waals surface area (Å²) in [5, 5.41) is 0. The van der Waals surface area contributed by atoms with Crippen LogP contribution in [0.2, 0.25) is 0 Å². The van der Waals surface area contributed by atoms with E-state index in [9.17, 15) is 0 Å². The summed E-state index contributed by atoms with van der Waals surface area (Å²) in [6.07, 6.45) is 1.16. The van der Waals surface area contributed by atoms with Crippen molar-refractivity contribution < 1.29 is 0 Å². The van der Waals surface area contributed by atoms with Gasteiger partial charge in [-0.1, -0.05) is 0 Å². The van der Waals surface area contributed by atoms with Gasteiger partial charge in [-0.15, -0.1) is 0 Å². The lowest BCUT2D eigenvalue weighted by molar-refractivity contribution is 0.266. The van der Waals surface area contributed by atoms with Crippen molar-refractivity contribution in [3.63, 3.8) is 0 Å². The fraction of sp³-hybridized carbons (Fsp3) is 0.900. The van der Waals surface area contributed by atoms with Crippen molar-refractivity contribution in [2.45, 2.75) is 53.1 Å². The fourth-order valence-electron chi connectivity index (χ4n) is 1.63. The van der Waals surface area contributed by atoms with E-state index in [1.165, 1.54) is 16.1 Å². The topological polar surface area (TPSA) is 15.6 Å². The molecular weight excluding hydrogens is 176 g/mol. The number of hydrogen-bond donors (Lipinski definition) is 0. The molecule has 13 heavy (non-hydrogen) atoms. The SMILES string of the molecule is CC(=NC(C)C)N(C[SiH3])C(C)(C)C. The summed E-state index contributed by atoms with van der Waals surface area (Å²) < 4.78 is 0. The summed E-state index contributed by atoms with van der Waals surface area (Å²) >= 11 is 0. The van der Waals surface area contributed by atoms with E-state index in [0.717, 1.165) is 6.17 Å². The van der Waals surface area contributed by atoms with E-state index < -0.39 is 0 Å². The molecule has 0 aliphatic heterocycles. The van der Waals surface area contributed by atoms with E-state index in [1.54, 1.807) is 0 Å². The summed E-state index contributed by atoms with van der Waals surface area (Å²) in [6.45, 7) is 13.1. The first-order valence-corrected chi connectivity index (χ1v) is 6.52. The van der Waals surface area contributed by atoms with Gasteiger partial charge in [-0.05, 0) is 41.5 Å². The molecule has 0 bridgehead atoms. The maximum atomic E-state index is 4.58. The second-order valence-corrected chi connectivity index (χ2v) is 5.32. The molecule has 0 amide bonds. The molecule has 0 aromatic rings. The van der Waals surface area contributed by atoms with Crippen LogP contribution in [0, 0.1) is 0 Å². The monoisotopic (exact) mass is 200 g/mol. The predicted molar refractivity (Wildman–Crippen MR) is 64.6 cm³/mol. The lowest BCUT2D eigenvalue weighted by atomic mass is 10.1. The largest absolute Gasteiger partial charge is 0.360 e. The van der Waals surface area contributed by atoms with Crippen molar-refractivity contribution in [1.29, 1.82) is 0 Å². The van der Waals surface area contributed by atoms with Crippen molar-refractivity contribution >= 4 is 16.1 Å². The maximum Gasteiger partial charge on any atom is 0.0961 e. The molecule has 0 aromatic heterocycles. The standard InChI is InChI=1S/C10H24N2Si/c1-8(2)11-9(3)12(7-13)10(4,5)6/h8H,7H2,1-6,13H3. The number of rotatable bonds is 2. The van der Waals surface area contributed by atoms with Gasteiger partial charge in [-0.3, -0.25) is 4.99 Å². The Balaban J connectivity index is 4.60. The van der Waals surface area contributed by atoms with Gasteiger partial charge in [0, 0.05) is 28.0 Å². The summed E-state index contributed by atoms with van der Waals surface area (Å²) in [5.74, 6) is 1.18. The smallest absolute Gasteiger partial charge is 0.0961 e. The highest BCUT2D eigenvalue weighted by Gasteiger charge is 2.20. The Hall–Kier alpha value is -0.313. The molecule has 0 saturated heterocycles. The summed E-state index contributed by atoms with van der Waals surface area (Å²) in [4.78, 5) is 6.97. The zero-order valence-corrected chi connectivity index (χ0v) is 12.2. The Kier molecular flexibility index (Phi) is 4.68. The highest BCUT2D eigenvalue weighted by molar-refractivity contribution is 6.10. The molecule has 0 unspecified atom stereocenters. The molecule has 0 atom stereocenters. The highest BCUT2D eigenvalue weighted by atomic mass is 28.1. The predicted octanol–water partition coefficient (Wildman–Crippen LogP) is 1.24. The second kappa shape index (κ2) is 4.79. The van der Waals surface area contributed by atoms with E-state index in [-0.39, 0.29) is 5.54 Å². The van der Waals surface area contributed by atoms with Gasteiger partial charge in [-0.25, -0.2) is 0 Å². The average molecular weight is 200 g/mol. The van der Waals surface area contributed by atoms with Crippen molar-refractivity contribution in [2.75, 3.05) is 6.17 Å². The van der Waals surface area contributed by atoms with Gasteiger partial charge < -0.3 is 4.90 Å². The quantitative estimate of drug-likeness (QED) is 0.372. The van der Waals surface area contributed by atoms with Gasteiger partial charge in [-0.2, -0.15) is 0 Å². The third-order valence-corrected chi connectivity index (χ3v) is 2.59. The highest BCUT2D eigenvalue weighted by Crippen LogP contribution is 2.13. The number of aliphatic imine (C=N–C) groups is 1. The minimum absolute atomic E-state index is 0.213. The number of nitrogens with zero attached hydrogens (tertiary/aromatic N) is 2. The molecular formula is C10H24N2Si. The van der Waals surface area contributed by atoms with Gasteiger partial charge in [0.15, 0.2) is 0 Å².